The fourth-order valence-corrected chi connectivity index (χ4v) is 1.51. The lowest BCUT2D eigenvalue weighted by Crippen LogP contribution is -2.04. The average Bonchev–Trinajstić information content (AvgIpc) is 2.39. The van der Waals surface area contributed by atoms with Gasteiger partial charge in [-0.1, -0.05) is 12.1 Å². The zero-order chi connectivity index (χ0) is 13.8. The van der Waals surface area contributed by atoms with E-state index in [1.165, 1.54) is 24.4 Å². The van der Waals surface area contributed by atoms with Gasteiger partial charge in [-0.25, -0.2) is 14.6 Å². The highest BCUT2D eigenvalue weighted by Gasteiger charge is 2.09. The van der Waals surface area contributed by atoms with Crippen molar-refractivity contribution in [3.8, 4) is 0 Å². The van der Waals surface area contributed by atoms with Gasteiger partial charge in [0.05, 0.1) is 16.8 Å². The fraction of sp³-hybridized carbons (Fsp3) is 0. The molecular formula is C13H10N2O4. The van der Waals surface area contributed by atoms with Crippen molar-refractivity contribution in [1.29, 1.82) is 0 Å². The van der Waals surface area contributed by atoms with Crippen LogP contribution in [0.15, 0.2) is 42.6 Å². The first-order valence-corrected chi connectivity index (χ1v) is 5.36. The molecule has 0 unspecified atom stereocenters. The summed E-state index contributed by atoms with van der Waals surface area (Å²) < 4.78 is 0. The highest BCUT2D eigenvalue weighted by atomic mass is 16.4. The monoisotopic (exact) mass is 258 g/mol. The molecule has 0 radical (unpaired) electrons. The lowest BCUT2D eigenvalue weighted by atomic mass is 10.2. The molecule has 0 atom stereocenters. The fourth-order valence-electron chi connectivity index (χ4n) is 1.51. The summed E-state index contributed by atoms with van der Waals surface area (Å²) in [5.41, 5.74) is 0.578. The van der Waals surface area contributed by atoms with Gasteiger partial charge in [-0.3, -0.25) is 0 Å². The number of nitrogens with zero attached hydrogens (tertiary/aromatic N) is 1. The summed E-state index contributed by atoms with van der Waals surface area (Å²) >= 11 is 0. The highest BCUT2D eigenvalue weighted by Crippen LogP contribution is 2.19. The number of benzene rings is 1. The minimum atomic E-state index is -1.06. The van der Waals surface area contributed by atoms with Crippen LogP contribution in [0.4, 0.5) is 11.5 Å². The smallest absolute Gasteiger partial charge is 0.337 e. The Kier molecular flexibility index (Phi) is 3.42. The third-order valence-corrected chi connectivity index (χ3v) is 2.43. The number of para-hydroxylation sites is 1. The molecule has 1 aromatic carbocycles. The van der Waals surface area contributed by atoms with Crippen LogP contribution in [0, 0.1) is 0 Å². The Balaban J connectivity index is 2.26. The number of carbonyl (C=O) groups is 2. The number of aromatic carboxylic acids is 2. The first-order valence-electron chi connectivity index (χ1n) is 5.36. The number of carboxylic acid groups (broad SMARTS) is 2. The second-order valence-electron chi connectivity index (χ2n) is 3.71. The number of hydrogen-bond acceptors (Lipinski definition) is 4. The highest BCUT2D eigenvalue weighted by molar-refractivity contribution is 5.95. The van der Waals surface area contributed by atoms with E-state index in [1.807, 2.05) is 0 Å². The first-order chi connectivity index (χ1) is 9.08. The minimum Gasteiger partial charge on any atom is -0.478 e. The number of hydrogen-bond donors (Lipinski definition) is 3. The van der Waals surface area contributed by atoms with Crippen LogP contribution in [0.2, 0.25) is 0 Å². The van der Waals surface area contributed by atoms with Crippen molar-refractivity contribution in [1.82, 2.24) is 4.98 Å². The molecular weight excluding hydrogens is 248 g/mol. The Hall–Kier alpha value is -2.89. The van der Waals surface area contributed by atoms with Crippen LogP contribution >= 0.6 is 0 Å². The van der Waals surface area contributed by atoms with Crippen LogP contribution in [0.25, 0.3) is 0 Å². The number of nitrogens with one attached hydrogen (secondary N) is 1. The van der Waals surface area contributed by atoms with Crippen LogP contribution in [0.5, 0.6) is 0 Å². The van der Waals surface area contributed by atoms with E-state index in [1.54, 1.807) is 18.2 Å². The maximum Gasteiger partial charge on any atom is 0.337 e. The largest absolute Gasteiger partial charge is 0.478 e. The molecule has 1 heterocycles. The number of pyridine rings is 1. The van der Waals surface area contributed by atoms with E-state index < -0.39 is 11.9 Å². The van der Waals surface area contributed by atoms with E-state index in [9.17, 15) is 9.59 Å². The molecule has 0 bridgehead atoms. The summed E-state index contributed by atoms with van der Waals surface area (Å²) in [7, 11) is 0. The summed E-state index contributed by atoms with van der Waals surface area (Å²) in [5, 5.41) is 20.6. The molecule has 1 aromatic heterocycles. The van der Waals surface area contributed by atoms with Crippen molar-refractivity contribution >= 4 is 23.4 Å². The number of anilines is 2. The number of rotatable bonds is 4. The van der Waals surface area contributed by atoms with Gasteiger partial charge in [-0.05, 0) is 24.3 Å². The molecule has 0 spiro atoms. The zero-order valence-electron chi connectivity index (χ0n) is 9.70. The molecule has 0 aliphatic heterocycles. The lowest BCUT2D eigenvalue weighted by molar-refractivity contribution is 0.0686. The maximum absolute atomic E-state index is 11.0. The van der Waals surface area contributed by atoms with Crippen molar-refractivity contribution < 1.29 is 19.8 Å². The van der Waals surface area contributed by atoms with E-state index in [0.29, 0.717) is 11.5 Å². The van der Waals surface area contributed by atoms with E-state index in [-0.39, 0.29) is 11.1 Å². The predicted octanol–water partition coefficient (Wildman–Crippen LogP) is 2.22. The van der Waals surface area contributed by atoms with Gasteiger partial charge in [0.2, 0.25) is 0 Å². The zero-order valence-corrected chi connectivity index (χ0v) is 9.70. The summed E-state index contributed by atoms with van der Waals surface area (Å²) in [4.78, 5) is 25.6. The number of aromatic nitrogens is 1. The van der Waals surface area contributed by atoms with Crippen molar-refractivity contribution in [2.75, 3.05) is 5.32 Å². The van der Waals surface area contributed by atoms with Crippen LogP contribution in [-0.2, 0) is 0 Å². The molecule has 2 aromatic rings. The normalized spacial score (nSPS) is 9.89. The summed E-state index contributed by atoms with van der Waals surface area (Å²) in [6.45, 7) is 0. The van der Waals surface area contributed by atoms with Crippen molar-refractivity contribution in [3.63, 3.8) is 0 Å². The van der Waals surface area contributed by atoms with Gasteiger partial charge in [-0.15, -0.1) is 0 Å². The molecule has 0 fully saturated rings. The summed E-state index contributed by atoms with van der Waals surface area (Å²) in [6.07, 6.45) is 1.20. The SMILES string of the molecule is O=C(O)c1ccc(Nc2ccccc2C(=O)O)nc1. The second-order valence-corrected chi connectivity index (χ2v) is 3.71. The molecule has 0 saturated carbocycles. The third-order valence-electron chi connectivity index (χ3n) is 2.43. The molecule has 0 saturated heterocycles. The van der Waals surface area contributed by atoms with Crippen molar-refractivity contribution in [3.05, 3.63) is 53.7 Å². The molecule has 0 amide bonds. The molecule has 6 heteroatoms. The van der Waals surface area contributed by atoms with E-state index in [0.717, 1.165) is 0 Å². The van der Waals surface area contributed by atoms with Gasteiger partial charge < -0.3 is 15.5 Å². The second kappa shape index (κ2) is 5.18. The Morgan fingerprint density at radius 3 is 2.32 bits per heavy atom. The predicted molar refractivity (Wildman–Crippen MR) is 67.9 cm³/mol. The quantitative estimate of drug-likeness (QED) is 0.777. The van der Waals surface area contributed by atoms with Gasteiger partial charge in [0.15, 0.2) is 0 Å². The van der Waals surface area contributed by atoms with Crippen molar-refractivity contribution in [2.45, 2.75) is 0 Å². The maximum atomic E-state index is 11.0. The van der Waals surface area contributed by atoms with Gasteiger partial charge in [0, 0.05) is 6.20 Å². The average molecular weight is 258 g/mol. The molecule has 0 aliphatic rings. The van der Waals surface area contributed by atoms with Crippen LogP contribution in [0.3, 0.4) is 0 Å². The van der Waals surface area contributed by atoms with Crippen LogP contribution < -0.4 is 5.32 Å². The third kappa shape index (κ3) is 2.86. The molecule has 96 valence electrons. The number of carboxylic acids is 2. The molecule has 6 nitrogen and oxygen atoms in total. The Morgan fingerprint density at radius 2 is 1.74 bits per heavy atom. The minimum absolute atomic E-state index is 0.0667. The summed E-state index contributed by atoms with van der Waals surface area (Å²) in [5.74, 6) is -1.74. The van der Waals surface area contributed by atoms with Gasteiger partial charge in [-0.2, -0.15) is 0 Å². The topological polar surface area (TPSA) is 99.5 Å². The van der Waals surface area contributed by atoms with Crippen LogP contribution in [-0.4, -0.2) is 27.1 Å². The molecule has 2 rings (SSSR count). The van der Waals surface area contributed by atoms with Gasteiger partial charge in [0.25, 0.3) is 0 Å². The van der Waals surface area contributed by atoms with E-state index in [4.69, 9.17) is 10.2 Å². The summed E-state index contributed by atoms with van der Waals surface area (Å²) in [6, 6.07) is 9.26. The first kappa shape index (κ1) is 12.6. The van der Waals surface area contributed by atoms with Crippen molar-refractivity contribution in [2.24, 2.45) is 0 Å². The Bertz CT molecular complexity index is 623. The van der Waals surface area contributed by atoms with Crippen LogP contribution in [0.1, 0.15) is 20.7 Å². The Labute approximate surface area is 108 Å². The molecule has 19 heavy (non-hydrogen) atoms. The lowest BCUT2D eigenvalue weighted by Gasteiger charge is -2.08. The van der Waals surface area contributed by atoms with E-state index >= 15 is 0 Å². The van der Waals surface area contributed by atoms with E-state index in [2.05, 4.69) is 10.3 Å². The Morgan fingerprint density at radius 1 is 1.00 bits per heavy atom. The standard InChI is InChI=1S/C13H10N2O4/c16-12(17)8-5-6-11(14-7-8)15-10-4-2-1-3-9(10)13(18)19/h1-7H,(H,14,15)(H,16,17)(H,18,19). The molecule has 0 aliphatic carbocycles. The molecule has 3 N–H and O–H groups in total. The van der Waals surface area contributed by atoms with Gasteiger partial charge in [0.1, 0.15) is 5.82 Å². The van der Waals surface area contributed by atoms with Gasteiger partial charge >= 0.3 is 11.9 Å².